The first-order valence-electron chi connectivity index (χ1n) is 6.87. The van der Waals surface area contributed by atoms with Gasteiger partial charge in [-0.15, -0.1) is 12.4 Å². The molecule has 1 aromatic carbocycles. The number of carbonyl (C=O) groups excluding carboxylic acids is 1. The summed E-state index contributed by atoms with van der Waals surface area (Å²) in [6.45, 7) is 1.85. The predicted molar refractivity (Wildman–Crippen MR) is 82.3 cm³/mol. The van der Waals surface area contributed by atoms with Crippen molar-refractivity contribution in [2.75, 3.05) is 11.9 Å². The molecule has 0 bridgehead atoms. The molecule has 0 fully saturated rings. The fraction of sp³-hybridized carbons (Fsp3) is 0.357. The van der Waals surface area contributed by atoms with E-state index in [1.54, 1.807) is 17.1 Å². The zero-order chi connectivity index (χ0) is 14.7. The van der Waals surface area contributed by atoms with Crippen molar-refractivity contribution < 1.29 is 9.18 Å². The summed E-state index contributed by atoms with van der Waals surface area (Å²) < 4.78 is 15.9. The van der Waals surface area contributed by atoms with E-state index in [0.717, 1.165) is 12.1 Å². The van der Waals surface area contributed by atoms with Crippen molar-refractivity contribution >= 4 is 24.0 Å². The highest BCUT2D eigenvalue weighted by Gasteiger charge is 2.17. The van der Waals surface area contributed by atoms with Gasteiger partial charge in [-0.1, -0.05) is 6.07 Å². The predicted octanol–water partition coefficient (Wildman–Crippen LogP) is 1.51. The Morgan fingerprint density at radius 1 is 1.45 bits per heavy atom. The number of amides is 1. The fourth-order valence-corrected chi connectivity index (χ4v) is 2.41. The monoisotopic (exact) mass is 325 g/mol. The molecular formula is C14H17ClFN5O. The van der Waals surface area contributed by atoms with Crippen LogP contribution in [0.15, 0.2) is 24.8 Å². The zero-order valence-corrected chi connectivity index (χ0v) is 12.7. The van der Waals surface area contributed by atoms with Crippen LogP contribution in [0.3, 0.4) is 0 Å². The van der Waals surface area contributed by atoms with Gasteiger partial charge in [-0.25, -0.2) is 9.37 Å². The number of rotatable bonds is 4. The number of nitrogens with zero attached hydrogens (tertiary/aromatic N) is 3. The molecule has 6 nitrogen and oxygen atoms in total. The Bertz CT molecular complexity index is 647. The van der Waals surface area contributed by atoms with E-state index in [0.29, 0.717) is 25.1 Å². The molecule has 0 saturated heterocycles. The summed E-state index contributed by atoms with van der Waals surface area (Å²) in [5.41, 5.74) is 1.90. The van der Waals surface area contributed by atoms with Gasteiger partial charge in [0.2, 0.25) is 5.91 Å². The number of hydrogen-bond donors (Lipinski definition) is 2. The number of hydrogen-bond acceptors (Lipinski definition) is 4. The van der Waals surface area contributed by atoms with Gasteiger partial charge in [0.25, 0.3) is 0 Å². The smallest absolute Gasteiger partial charge is 0.226 e. The minimum absolute atomic E-state index is 0. The van der Waals surface area contributed by atoms with Crippen LogP contribution in [0, 0.1) is 5.82 Å². The van der Waals surface area contributed by atoms with Crippen LogP contribution in [0.4, 0.5) is 10.1 Å². The third-order valence-electron chi connectivity index (χ3n) is 3.52. The summed E-state index contributed by atoms with van der Waals surface area (Å²) in [6.07, 6.45) is 3.82. The maximum atomic E-state index is 14.4. The summed E-state index contributed by atoms with van der Waals surface area (Å²) in [6, 6.07) is 3.48. The SMILES string of the molecule is Cl.O=C(CCn1cncn1)Nc1ccc2c(c1F)CCNC2. The molecule has 0 saturated carbocycles. The molecule has 1 aliphatic heterocycles. The Hall–Kier alpha value is -1.99. The molecule has 0 radical (unpaired) electrons. The molecule has 22 heavy (non-hydrogen) atoms. The summed E-state index contributed by atoms with van der Waals surface area (Å²) in [7, 11) is 0. The largest absolute Gasteiger partial charge is 0.324 e. The average Bonchev–Trinajstić information content (AvgIpc) is 3.02. The van der Waals surface area contributed by atoms with Crippen LogP contribution in [0.5, 0.6) is 0 Å². The van der Waals surface area contributed by atoms with Gasteiger partial charge in [0.1, 0.15) is 18.5 Å². The number of nitrogens with one attached hydrogen (secondary N) is 2. The lowest BCUT2D eigenvalue weighted by atomic mass is 9.99. The van der Waals surface area contributed by atoms with Crippen LogP contribution < -0.4 is 10.6 Å². The lowest BCUT2D eigenvalue weighted by Gasteiger charge is -2.19. The van der Waals surface area contributed by atoms with Crippen molar-refractivity contribution in [3.63, 3.8) is 0 Å². The van der Waals surface area contributed by atoms with E-state index >= 15 is 0 Å². The van der Waals surface area contributed by atoms with E-state index in [1.807, 2.05) is 6.07 Å². The van der Waals surface area contributed by atoms with Crippen molar-refractivity contribution in [2.24, 2.45) is 0 Å². The molecule has 1 amide bonds. The van der Waals surface area contributed by atoms with E-state index in [2.05, 4.69) is 20.7 Å². The van der Waals surface area contributed by atoms with E-state index in [4.69, 9.17) is 0 Å². The lowest BCUT2D eigenvalue weighted by Crippen LogP contribution is -2.25. The van der Waals surface area contributed by atoms with Crippen LogP contribution in [-0.2, 0) is 24.3 Å². The fourth-order valence-electron chi connectivity index (χ4n) is 2.41. The number of anilines is 1. The minimum Gasteiger partial charge on any atom is -0.324 e. The maximum absolute atomic E-state index is 14.4. The Kier molecular flexibility index (Phi) is 5.46. The molecule has 1 aromatic heterocycles. The van der Waals surface area contributed by atoms with E-state index in [9.17, 15) is 9.18 Å². The molecule has 0 atom stereocenters. The third kappa shape index (κ3) is 3.61. The molecule has 0 aliphatic carbocycles. The van der Waals surface area contributed by atoms with Crippen LogP contribution in [0.1, 0.15) is 17.5 Å². The minimum atomic E-state index is -0.317. The van der Waals surface area contributed by atoms with Crippen LogP contribution >= 0.6 is 12.4 Å². The zero-order valence-electron chi connectivity index (χ0n) is 11.9. The quantitative estimate of drug-likeness (QED) is 0.894. The van der Waals surface area contributed by atoms with Gasteiger partial charge in [-0.3, -0.25) is 9.48 Å². The van der Waals surface area contributed by atoms with Gasteiger partial charge >= 0.3 is 0 Å². The molecular weight excluding hydrogens is 309 g/mol. The summed E-state index contributed by atoms with van der Waals surface area (Å²) in [5, 5.41) is 9.74. The molecule has 0 spiro atoms. The number of fused-ring (bicyclic) bond motifs is 1. The van der Waals surface area contributed by atoms with E-state index in [-0.39, 0.29) is 36.2 Å². The Balaban J connectivity index is 0.00000176. The molecule has 2 heterocycles. The van der Waals surface area contributed by atoms with Gasteiger partial charge in [0.05, 0.1) is 12.2 Å². The van der Waals surface area contributed by atoms with Gasteiger partial charge in [-0.2, -0.15) is 5.10 Å². The molecule has 0 unspecified atom stereocenters. The number of aryl methyl sites for hydroxylation is 1. The first kappa shape index (κ1) is 16.4. The second-order valence-electron chi connectivity index (χ2n) is 4.95. The average molecular weight is 326 g/mol. The van der Waals surface area contributed by atoms with Crippen molar-refractivity contribution in [3.05, 3.63) is 41.7 Å². The van der Waals surface area contributed by atoms with E-state index < -0.39 is 0 Å². The summed E-state index contributed by atoms with van der Waals surface area (Å²) >= 11 is 0. The molecule has 8 heteroatoms. The number of aromatic nitrogens is 3. The van der Waals surface area contributed by atoms with Crippen molar-refractivity contribution in [3.8, 4) is 0 Å². The Labute approximate surface area is 133 Å². The van der Waals surface area contributed by atoms with Gasteiger partial charge < -0.3 is 10.6 Å². The third-order valence-corrected chi connectivity index (χ3v) is 3.52. The van der Waals surface area contributed by atoms with Gasteiger partial charge in [-0.05, 0) is 30.2 Å². The summed E-state index contributed by atoms with van der Waals surface area (Å²) in [5.74, 6) is -0.554. The second kappa shape index (κ2) is 7.33. The molecule has 2 aromatic rings. The molecule has 2 N–H and O–H groups in total. The van der Waals surface area contributed by atoms with Crippen LogP contribution in [0.25, 0.3) is 0 Å². The Morgan fingerprint density at radius 2 is 2.32 bits per heavy atom. The lowest BCUT2D eigenvalue weighted by molar-refractivity contribution is -0.116. The van der Waals surface area contributed by atoms with Gasteiger partial charge in [0.15, 0.2) is 0 Å². The Morgan fingerprint density at radius 3 is 3.09 bits per heavy atom. The number of carbonyl (C=O) groups is 1. The summed E-state index contributed by atoms with van der Waals surface area (Å²) in [4.78, 5) is 15.7. The first-order valence-corrected chi connectivity index (χ1v) is 6.87. The maximum Gasteiger partial charge on any atom is 0.226 e. The van der Waals surface area contributed by atoms with Gasteiger partial charge in [0, 0.05) is 13.0 Å². The standard InChI is InChI=1S/C14H16FN5O.ClH/c15-14-11-3-5-16-7-10(11)1-2-12(14)19-13(21)4-6-20-9-17-8-18-20;/h1-2,8-9,16H,3-7H2,(H,19,21);1H. The normalized spacial score (nSPS) is 13.1. The number of halogens is 2. The molecule has 3 rings (SSSR count). The number of benzene rings is 1. The van der Waals surface area contributed by atoms with E-state index in [1.165, 1.54) is 6.33 Å². The van der Waals surface area contributed by atoms with Crippen LogP contribution in [0.2, 0.25) is 0 Å². The second-order valence-corrected chi connectivity index (χ2v) is 4.95. The van der Waals surface area contributed by atoms with Crippen molar-refractivity contribution in [1.29, 1.82) is 0 Å². The highest BCUT2D eigenvalue weighted by molar-refractivity contribution is 5.91. The molecule has 118 valence electrons. The highest BCUT2D eigenvalue weighted by atomic mass is 35.5. The van der Waals surface area contributed by atoms with Crippen molar-refractivity contribution in [1.82, 2.24) is 20.1 Å². The first-order chi connectivity index (χ1) is 10.2. The van der Waals surface area contributed by atoms with Crippen LogP contribution in [-0.4, -0.2) is 27.2 Å². The highest BCUT2D eigenvalue weighted by Crippen LogP contribution is 2.24. The van der Waals surface area contributed by atoms with Crippen molar-refractivity contribution in [2.45, 2.75) is 25.9 Å². The topological polar surface area (TPSA) is 71.8 Å². The molecule has 1 aliphatic rings.